The van der Waals surface area contributed by atoms with Gasteiger partial charge in [0.05, 0.1) is 5.57 Å². The van der Waals surface area contributed by atoms with Gasteiger partial charge in [-0.25, -0.2) is 0 Å². The van der Waals surface area contributed by atoms with Crippen LogP contribution < -0.4 is 0 Å². The minimum atomic E-state index is -4.48. The van der Waals surface area contributed by atoms with Crippen molar-refractivity contribution in [3.05, 3.63) is 22.8 Å². The lowest BCUT2D eigenvalue weighted by Gasteiger charge is -2.14. The van der Waals surface area contributed by atoms with E-state index in [1.807, 2.05) is 13.8 Å². The molecule has 0 aromatic heterocycles. The second-order valence-corrected chi connectivity index (χ2v) is 4.29. The van der Waals surface area contributed by atoms with Crippen molar-refractivity contribution >= 4 is 5.78 Å². The van der Waals surface area contributed by atoms with Gasteiger partial charge in [0.15, 0.2) is 5.78 Å². The minimum Gasteiger partial charge on any atom is -0.295 e. The molecule has 0 aliphatic rings. The number of carbonyl (C=O) groups excluding carboxylic acids is 1. The maximum atomic E-state index is 12.8. The van der Waals surface area contributed by atoms with Gasteiger partial charge in [-0.15, -0.1) is 0 Å². The van der Waals surface area contributed by atoms with E-state index in [2.05, 4.69) is 0 Å². The molecule has 0 aliphatic carbocycles. The Bertz CT molecular complexity index is 348. The van der Waals surface area contributed by atoms with E-state index < -0.39 is 17.5 Å². The normalized spacial score (nSPS) is 16.6. The molecule has 0 saturated heterocycles. The standard InChI is InChI=1S/C13H19F3O/c1-6-8(2)9(3)7-12(13(14,15)16)10(4)11(5)17/h7-8H,6H2,1-5H3/b9-7-,12-10+. The Morgan fingerprint density at radius 3 is 2.00 bits per heavy atom. The van der Waals surface area contributed by atoms with E-state index in [-0.39, 0.29) is 11.5 Å². The van der Waals surface area contributed by atoms with Crippen LogP contribution in [0, 0.1) is 5.92 Å². The minimum absolute atomic E-state index is 0.0760. The van der Waals surface area contributed by atoms with Gasteiger partial charge < -0.3 is 0 Å². The number of halogens is 3. The summed E-state index contributed by atoms with van der Waals surface area (Å²) < 4.78 is 38.4. The Morgan fingerprint density at radius 1 is 1.24 bits per heavy atom. The third-order valence-electron chi connectivity index (χ3n) is 3.00. The summed E-state index contributed by atoms with van der Waals surface area (Å²) in [5, 5.41) is 0. The van der Waals surface area contributed by atoms with Crippen molar-refractivity contribution in [2.45, 2.75) is 47.2 Å². The fourth-order valence-corrected chi connectivity index (χ4v) is 1.28. The molecular weight excluding hydrogens is 229 g/mol. The topological polar surface area (TPSA) is 17.1 Å². The van der Waals surface area contributed by atoms with Crippen LogP contribution in [0.5, 0.6) is 0 Å². The molecule has 1 atom stereocenters. The first-order chi connectivity index (χ1) is 7.61. The SMILES string of the molecule is CCC(C)/C(C)=C\C(=C(\C)C(C)=O)C(F)(F)F. The van der Waals surface area contributed by atoms with Crippen LogP contribution in [0.4, 0.5) is 13.2 Å². The highest BCUT2D eigenvalue weighted by Crippen LogP contribution is 2.31. The average molecular weight is 248 g/mol. The molecule has 0 aromatic rings. The molecule has 0 saturated carbocycles. The van der Waals surface area contributed by atoms with E-state index in [0.29, 0.717) is 5.57 Å². The Morgan fingerprint density at radius 2 is 1.71 bits per heavy atom. The zero-order chi connectivity index (χ0) is 13.8. The first-order valence-corrected chi connectivity index (χ1v) is 5.58. The van der Waals surface area contributed by atoms with Crippen molar-refractivity contribution in [2.24, 2.45) is 5.92 Å². The van der Waals surface area contributed by atoms with Crippen LogP contribution in [-0.2, 0) is 4.79 Å². The van der Waals surface area contributed by atoms with Crippen molar-refractivity contribution < 1.29 is 18.0 Å². The van der Waals surface area contributed by atoms with Crippen LogP contribution in [0.3, 0.4) is 0 Å². The predicted octanol–water partition coefficient (Wildman–Crippen LogP) is 4.45. The van der Waals surface area contributed by atoms with Crippen molar-refractivity contribution in [2.75, 3.05) is 0 Å². The van der Waals surface area contributed by atoms with E-state index >= 15 is 0 Å². The molecule has 98 valence electrons. The number of ketones is 1. The van der Waals surface area contributed by atoms with Crippen LogP contribution >= 0.6 is 0 Å². The lowest BCUT2D eigenvalue weighted by Crippen LogP contribution is -2.15. The maximum absolute atomic E-state index is 12.8. The zero-order valence-corrected chi connectivity index (χ0v) is 10.9. The summed E-state index contributed by atoms with van der Waals surface area (Å²) in [6, 6.07) is 0. The predicted molar refractivity (Wildman–Crippen MR) is 62.6 cm³/mol. The molecule has 1 unspecified atom stereocenters. The van der Waals surface area contributed by atoms with E-state index in [9.17, 15) is 18.0 Å². The van der Waals surface area contributed by atoms with Gasteiger partial charge in [0.1, 0.15) is 0 Å². The number of allylic oxidation sites excluding steroid dienone is 4. The molecule has 0 N–H and O–H groups in total. The monoisotopic (exact) mass is 248 g/mol. The van der Waals surface area contributed by atoms with Gasteiger partial charge in [0, 0.05) is 5.57 Å². The first kappa shape index (κ1) is 15.9. The summed E-state index contributed by atoms with van der Waals surface area (Å²) in [5.41, 5.74) is -0.427. The number of hydrogen-bond acceptors (Lipinski definition) is 1. The second kappa shape index (κ2) is 6.03. The summed E-state index contributed by atoms with van der Waals surface area (Å²) in [5.74, 6) is -0.474. The van der Waals surface area contributed by atoms with E-state index in [0.717, 1.165) is 19.4 Å². The highest BCUT2D eigenvalue weighted by Gasteiger charge is 2.34. The summed E-state index contributed by atoms with van der Waals surface area (Å²) in [6.07, 6.45) is -2.62. The summed E-state index contributed by atoms with van der Waals surface area (Å²) in [7, 11) is 0. The summed E-state index contributed by atoms with van der Waals surface area (Å²) in [6.45, 7) is 7.80. The molecule has 0 heterocycles. The van der Waals surface area contributed by atoms with Gasteiger partial charge in [-0.1, -0.05) is 25.5 Å². The van der Waals surface area contributed by atoms with Crippen LogP contribution in [0.1, 0.15) is 41.0 Å². The van der Waals surface area contributed by atoms with Gasteiger partial charge in [0.25, 0.3) is 0 Å². The van der Waals surface area contributed by atoms with Gasteiger partial charge in [-0.2, -0.15) is 13.2 Å². The van der Waals surface area contributed by atoms with Crippen LogP contribution in [0.25, 0.3) is 0 Å². The molecule has 0 aromatic carbocycles. The molecule has 0 rings (SSSR count). The van der Waals surface area contributed by atoms with Gasteiger partial charge in [0.2, 0.25) is 0 Å². The molecule has 0 bridgehead atoms. The van der Waals surface area contributed by atoms with Crippen molar-refractivity contribution in [3.63, 3.8) is 0 Å². The Kier molecular flexibility index (Phi) is 5.66. The average Bonchev–Trinajstić information content (AvgIpc) is 2.21. The fraction of sp³-hybridized carbons (Fsp3) is 0.615. The lowest BCUT2D eigenvalue weighted by molar-refractivity contribution is -0.115. The van der Waals surface area contributed by atoms with E-state index in [1.165, 1.54) is 6.92 Å². The highest BCUT2D eigenvalue weighted by atomic mass is 19.4. The van der Waals surface area contributed by atoms with Crippen molar-refractivity contribution in [1.29, 1.82) is 0 Å². The van der Waals surface area contributed by atoms with Crippen LogP contribution in [0.15, 0.2) is 22.8 Å². The molecule has 0 spiro atoms. The van der Waals surface area contributed by atoms with Crippen LogP contribution in [-0.4, -0.2) is 12.0 Å². The molecule has 17 heavy (non-hydrogen) atoms. The Hall–Kier alpha value is -1.06. The highest BCUT2D eigenvalue weighted by molar-refractivity contribution is 5.94. The zero-order valence-electron chi connectivity index (χ0n) is 10.9. The first-order valence-electron chi connectivity index (χ1n) is 5.58. The third kappa shape index (κ3) is 4.75. The molecule has 0 aliphatic heterocycles. The third-order valence-corrected chi connectivity index (χ3v) is 3.00. The lowest BCUT2D eigenvalue weighted by atomic mass is 9.95. The number of rotatable bonds is 4. The molecule has 1 nitrogen and oxygen atoms in total. The summed E-state index contributed by atoms with van der Waals surface area (Å²) >= 11 is 0. The maximum Gasteiger partial charge on any atom is 0.416 e. The largest absolute Gasteiger partial charge is 0.416 e. The number of hydrogen-bond donors (Lipinski definition) is 0. The Labute approximate surface area is 100 Å². The quantitative estimate of drug-likeness (QED) is 0.530. The molecule has 0 amide bonds. The molecule has 0 fully saturated rings. The van der Waals surface area contributed by atoms with Crippen LogP contribution in [0.2, 0.25) is 0 Å². The number of Topliss-reactive ketones (excluding diaryl/α,β-unsaturated/α-hetero) is 1. The van der Waals surface area contributed by atoms with E-state index in [4.69, 9.17) is 0 Å². The molecule has 0 radical (unpaired) electrons. The molecular formula is C13H19F3O. The van der Waals surface area contributed by atoms with Crippen molar-refractivity contribution in [3.8, 4) is 0 Å². The van der Waals surface area contributed by atoms with Gasteiger partial charge in [-0.05, 0) is 33.1 Å². The smallest absolute Gasteiger partial charge is 0.295 e. The van der Waals surface area contributed by atoms with Gasteiger partial charge in [-0.3, -0.25) is 4.79 Å². The Balaban J connectivity index is 5.55. The number of carbonyl (C=O) groups is 1. The fourth-order valence-electron chi connectivity index (χ4n) is 1.28. The molecule has 4 heteroatoms. The summed E-state index contributed by atoms with van der Waals surface area (Å²) in [4.78, 5) is 11.1. The number of alkyl halides is 3. The van der Waals surface area contributed by atoms with Crippen molar-refractivity contribution in [1.82, 2.24) is 0 Å². The van der Waals surface area contributed by atoms with E-state index in [1.54, 1.807) is 6.92 Å². The van der Waals surface area contributed by atoms with Gasteiger partial charge >= 0.3 is 6.18 Å². The second-order valence-electron chi connectivity index (χ2n) is 4.29.